The minimum absolute atomic E-state index is 0.171. The molecule has 0 radical (unpaired) electrons. The summed E-state index contributed by atoms with van der Waals surface area (Å²) in [6.07, 6.45) is 11.4. The van der Waals surface area contributed by atoms with Crippen molar-refractivity contribution >= 4 is 34.8 Å². The van der Waals surface area contributed by atoms with Gasteiger partial charge < -0.3 is 11.1 Å². The van der Waals surface area contributed by atoms with Gasteiger partial charge in [0.05, 0.1) is 6.20 Å². The van der Waals surface area contributed by atoms with Crippen molar-refractivity contribution in [2.75, 3.05) is 11.1 Å². The van der Waals surface area contributed by atoms with Crippen LogP contribution in [-0.4, -0.2) is 15.0 Å². The highest BCUT2D eigenvalue weighted by atomic mass is 35.5. The molecule has 0 spiro atoms. The van der Waals surface area contributed by atoms with Gasteiger partial charge in [-0.1, -0.05) is 17.7 Å². The van der Waals surface area contributed by atoms with Crippen molar-refractivity contribution in [3.05, 3.63) is 63.8 Å². The summed E-state index contributed by atoms with van der Waals surface area (Å²) in [6, 6.07) is 3.90. The highest BCUT2D eigenvalue weighted by Gasteiger charge is 2.10. The summed E-state index contributed by atoms with van der Waals surface area (Å²) in [5.41, 5.74) is 9.24. The number of anilines is 2. The fraction of sp³-hybridized carbons (Fsp3) is 0.235. The summed E-state index contributed by atoms with van der Waals surface area (Å²) < 4.78 is 0. The molecule has 0 bridgehead atoms. The summed E-state index contributed by atoms with van der Waals surface area (Å²) in [6.45, 7) is 0. The highest BCUT2D eigenvalue weighted by molar-refractivity contribution is 6.33. The summed E-state index contributed by atoms with van der Waals surface area (Å²) in [7, 11) is 0. The fourth-order valence-corrected chi connectivity index (χ4v) is 2.84. The summed E-state index contributed by atoms with van der Waals surface area (Å²) in [5.74, 6) is 1.09. The summed E-state index contributed by atoms with van der Waals surface area (Å²) >= 11 is 11.9. The number of hydrogen-bond acceptors (Lipinski definition) is 5. The molecule has 3 rings (SSSR count). The lowest BCUT2D eigenvalue weighted by Gasteiger charge is -2.16. The average molecular weight is 362 g/mol. The topological polar surface area (TPSA) is 76.7 Å². The molecule has 2 heterocycles. The molecular weight excluding hydrogens is 345 g/mol. The maximum absolute atomic E-state index is 6.10. The first-order valence-corrected chi connectivity index (χ1v) is 8.41. The largest absolute Gasteiger partial charge is 0.384 e. The monoisotopic (exact) mass is 361 g/mol. The van der Waals surface area contributed by atoms with Crippen molar-refractivity contribution in [3.63, 3.8) is 0 Å². The minimum Gasteiger partial charge on any atom is -0.384 e. The zero-order valence-corrected chi connectivity index (χ0v) is 14.5. The van der Waals surface area contributed by atoms with E-state index >= 15 is 0 Å². The first-order valence-electron chi connectivity index (χ1n) is 7.65. The Labute approximate surface area is 150 Å². The number of nitrogens with two attached hydrogens (primary N) is 1. The average Bonchev–Trinajstić information content (AvgIpc) is 2.57. The first kappa shape index (κ1) is 16.7. The fourth-order valence-electron chi connectivity index (χ4n) is 2.56. The molecule has 0 atom stereocenters. The maximum atomic E-state index is 6.10. The van der Waals surface area contributed by atoms with E-state index in [1.807, 2.05) is 12.1 Å². The molecule has 0 unspecified atom stereocenters. The molecule has 1 aliphatic carbocycles. The lowest BCUT2D eigenvalue weighted by atomic mass is 9.98. The molecule has 2 aromatic heterocycles. The minimum atomic E-state index is 0.171. The van der Waals surface area contributed by atoms with Crippen LogP contribution in [-0.2, 0) is 6.42 Å². The van der Waals surface area contributed by atoms with Crippen LogP contribution >= 0.6 is 23.2 Å². The Morgan fingerprint density at radius 3 is 2.92 bits per heavy atom. The predicted molar refractivity (Wildman–Crippen MR) is 98.0 cm³/mol. The number of rotatable bonds is 5. The summed E-state index contributed by atoms with van der Waals surface area (Å²) in [4.78, 5) is 12.0. The van der Waals surface area contributed by atoms with Crippen LogP contribution in [0.1, 0.15) is 24.8 Å². The van der Waals surface area contributed by atoms with Gasteiger partial charge >= 0.3 is 0 Å². The lowest BCUT2D eigenvalue weighted by molar-refractivity contribution is 0.889. The Morgan fingerprint density at radius 2 is 2.08 bits per heavy atom. The van der Waals surface area contributed by atoms with Crippen LogP contribution in [0.2, 0.25) is 10.3 Å². The SMILES string of the molecule is Nc1cc(CCC2=CCCC(Nc3nc(Cl)ncc3Cl)=C2)ccn1. The Hall–Kier alpha value is -2.11. The number of halogens is 2. The van der Waals surface area contributed by atoms with Crippen molar-refractivity contribution in [2.45, 2.75) is 25.7 Å². The van der Waals surface area contributed by atoms with Gasteiger partial charge in [0, 0.05) is 11.9 Å². The number of nitrogen functional groups attached to an aromatic ring is 1. The second kappa shape index (κ2) is 7.64. The van der Waals surface area contributed by atoms with Crippen LogP contribution in [0.15, 0.2) is 47.9 Å². The Morgan fingerprint density at radius 1 is 1.21 bits per heavy atom. The van der Waals surface area contributed by atoms with E-state index in [2.05, 4.69) is 32.4 Å². The zero-order valence-electron chi connectivity index (χ0n) is 13.0. The van der Waals surface area contributed by atoms with Crippen LogP contribution < -0.4 is 11.1 Å². The van der Waals surface area contributed by atoms with Crippen LogP contribution in [0.5, 0.6) is 0 Å². The Kier molecular flexibility index (Phi) is 5.33. The molecule has 124 valence electrons. The molecule has 0 saturated heterocycles. The first-order chi connectivity index (χ1) is 11.6. The van der Waals surface area contributed by atoms with Crippen LogP contribution in [0.3, 0.4) is 0 Å². The van der Waals surface area contributed by atoms with E-state index in [-0.39, 0.29) is 5.28 Å². The molecule has 1 aliphatic rings. The Bertz CT molecular complexity index is 801. The van der Waals surface area contributed by atoms with E-state index < -0.39 is 0 Å². The van der Waals surface area contributed by atoms with Crippen LogP contribution in [0.25, 0.3) is 0 Å². The molecule has 7 heteroatoms. The van der Waals surface area contributed by atoms with Crippen molar-refractivity contribution in [1.29, 1.82) is 0 Å². The van der Waals surface area contributed by atoms with Crippen molar-refractivity contribution in [1.82, 2.24) is 15.0 Å². The number of aromatic nitrogens is 3. The molecule has 0 aliphatic heterocycles. The van der Waals surface area contributed by atoms with Crippen LogP contribution in [0.4, 0.5) is 11.6 Å². The predicted octanol–water partition coefficient (Wildman–Crippen LogP) is 4.41. The number of allylic oxidation sites excluding steroid dienone is 4. The van der Waals surface area contributed by atoms with E-state index in [1.54, 1.807) is 6.20 Å². The standard InChI is InChI=1S/C17H17Cl2N5/c18-14-10-22-17(19)24-16(14)23-13-3-1-2-11(8-13)4-5-12-6-7-21-15(20)9-12/h2,6-10H,1,3-5H2,(H2,20,21)(H,22,23,24). The van der Waals surface area contributed by atoms with E-state index in [0.29, 0.717) is 16.7 Å². The smallest absolute Gasteiger partial charge is 0.224 e. The molecule has 2 aromatic rings. The molecule has 5 nitrogen and oxygen atoms in total. The van der Waals surface area contributed by atoms with Gasteiger partial charge in [-0.25, -0.2) is 9.97 Å². The highest BCUT2D eigenvalue weighted by Crippen LogP contribution is 2.26. The number of nitrogens with one attached hydrogen (secondary N) is 1. The van der Waals surface area contributed by atoms with Gasteiger partial charge in [-0.3, -0.25) is 0 Å². The normalized spacial score (nSPS) is 14.1. The van der Waals surface area contributed by atoms with Gasteiger partial charge in [0.2, 0.25) is 5.28 Å². The second-order valence-electron chi connectivity index (χ2n) is 5.54. The third-order valence-corrected chi connectivity index (χ3v) is 4.18. The third kappa shape index (κ3) is 4.46. The third-order valence-electron chi connectivity index (χ3n) is 3.72. The summed E-state index contributed by atoms with van der Waals surface area (Å²) in [5, 5.41) is 3.87. The molecule has 0 saturated carbocycles. The van der Waals surface area contributed by atoms with Gasteiger partial charge in [0.25, 0.3) is 0 Å². The van der Waals surface area contributed by atoms with E-state index in [0.717, 1.165) is 31.4 Å². The van der Waals surface area contributed by atoms with Gasteiger partial charge in [-0.05, 0) is 66.6 Å². The molecular formula is C17H17Cl2N5. The second-order valence-corrected chi connectivity index (χ2v) is 6.28. The number of pyridine rings is 1. The lowest BCUT2D eigenvalue weighted by Crippen LogP contribution is -2.06. The van der Waals surface area contributed by atoms with Crippen molar-refractivity contribution in [2.24, 2.45) is 0 Å². The zero-order chi connectivity index (χ0) is 16.9. The molecule has 0 fully saturated rings. The molecule has 0 aromatic carbocycles. The number of aryl methyl sites for hydroxylation is 1. The van der Waals surface area contributed by atoms with Gasteiger partial charge in [-0.15, -0.1) is 0 Å². The molecule has 0 amide bonds. The van der Waals surface area contributed by atoms with E-state index in [1.165, 1.54) is 17.3 Å². The van der Waals surface area contributed by atoms with E-state index in [9.17, 15) is 0 Å². The van der Waals surface area contributed by atoms with Crippen molar-refractivity contribution < 1.29 is 0 Å². The van der Waals surface area contributed by atoms with E-state index in [4.69, 9.17) is 28.9 Å². The molecule has 3 N–H and O–H groups in total. The Balaban J connectivity index is 1.66. The van der Waals surface area contributed by atoms with Crippen LogP contribution in [0, 0.1) is 0 Å². The quantitative estimate of drug-likeness (QED) is 0.771. The van der Waals surface area contributed by atoms with Gasteiger partial charge in [0.1, 0.15) is 10.8 Å². The van der Waals surface area contributed by atoms with Gasteiger partial charge in [0.15, 0.2) is 5.82 Å². The molecule has 24 heavy (non-hydrogen) atoms. The number of nitrogens with zero attached hydrogens (tertiary/aromatic N) is 3. The number of hydrogen-bond donors (Lipinski definition) is 2. The van der Waals surface area contributed by atoms with Gasteiger partial charge in [-0.2, -0.15) is 4.98 Å². The maximum Gasteiger partial charge on any atom is 0.224 e. The van der Waals surface area contributed by atoms with Crippen molar-refractivity contribution in [3.8, 4) is 0 Å².